The van der Waals surface area contributed by atoms with Crippen molar-refractivity contribution in [1.29, 1.82) is 0 Å². The molecule has 0 radical (unpaired) electrons. The summed E-state index contributed by atoms with van der Waals surface area (Å²) in [6.07, 6.45) is 1.81. The van der Waals surface area contributed by atoms with Gasteiger partial charge in [0, 0.05) is 23.8 Å². The molecule has 0 aliphatic rings. The number of fused-ring (bicyclic) bond motifs is 1. The Bertz CT molecular complexity index is 528. The summed E-state index contributed by atoms with van der Waals surface area (Å²) in [5.41, 5.74) is 6.29. The maximum absolute atomic E-state index is 11.8. The van der Waals surface area contributed by atoms with Crippen LogP contribution >= 0.6 is 0 Å². The largest absolute Gasteiger partial charge is 0.399 e. The van der Waals surface area contributed by atoms with Crippen molar-refractivity contribution in [2.75, 3.05) is 5.73 Å². The van der Waals surface area contributed by atoms with Crippen LogP contribution in [0.4, 0.5) is 5.69 Å². The van der Waals surface area contributed by atoms with Gasteiger partial charge in [-0.25, -0.2) is 0 Å². The monoisotopic (exact) mass is 188 g/mol. The second-order valence-electron chi connectivity index (χ2n) is 3.25. The van der Waals surface area contributed by atoms with Crippen LogP contribution < -0.4 is 11.3 Å². The molecule has 0 bridgehead atoms. The molecule has 0 aliphatic heterocycles. The zero-order valence-corrected chi connectivity index (χ0v) is 8.03. The third kappa shape index (κ3) is 1.27. The van der Waals surface area contributed by atoms with Crippen LogP contribution in [0.25, 0.3) is 10.8 Å². The van der Waals surface area contributed by atoms with E-state index in [0.717, 1.165) is 5.39 Å². The Morgan fingerprint density at radius 1 is 1.36 bits per heavy atom. The molecular weight excluding hydrogens is 176 g/mol. The van der Waals surface area contributed by atoms with Crippen molar-refractivity contribution < 1.29 is 0 Å². The minimum Gasteiger partial charge on any atom is -0.399 e. The molecule has 3 nitrogen and oxygen atoms in total. The minimum absolute atomic E-state index is 0.0253. The molecule has 2 rings (SSSR count). The van der Waals surface area contributed by atoms with Crippen molar-refractivity contribution in [3.8, 4) is 0 Å². The number of rotatable bonds is 1. The highest BCUT2D eigenvalue weighted by atomic mass is 16.1. The molecule has 0 amide bonds. The second-order valence-corrected chi connectivity index (χ2v) is 3.25. The smallest absolute Gasteiger partial charge is 0.258 e. The molecule has 1 aromatic heterocycles. The fraction of sp³-hybridized carbons (Fsp3) is 0.182. The molecule has 0 spiro atoms. The van der Waals surface area contributed by atoms with E-state index in [1.807, 2.05) is 19.1 Å². The number of pyridine rings is 1. The van der Waals surface area contributed by atoms with Crippen molar-refractivity contribution in [3.05, 3.63) is 40.8 Å². The van der Waals surface area contributed by atoms with Gasteiger partial charge in [0.15, 0.2) is 0 Å². The van der Waals surface area contributed by atoms with Gasteiger partial charge in [-0.15, -0.1) is 0 Å². The molecule has 0 unspecified atom stereocenters. The number of nitrogens with two attached hydrogens (primary N) is 1. The first-order valence-electron chi connectivity index (χ1n) is 4.61. The third-order valence-corrected chi connectivity index (χ3v) is 2.34. The Kier molecular flexibility index (Phi) is 2.00. The van der Waals surface area contributed by atoms with Crippen molar-refractivity contribution in [2.45, 2.75) is 13.5 Å². The van der Waals surface area contributed by atoms with Crippen molar-refractivity contribution in [3.63, 3.8) is 0 Å². The Labute approximate surface area is 81.8 Å². The number of anilines is 1. The predicted octanol–water partition coefficient (Wildman–Crippen LogP) is 1.60. The first kappa shape index (κ1) is 8.81. The molecule has 0 fully saturated rings. The van der Waals surface area contributed by atoms with Gasteiger partial charge in [0.05, 0.1) is 0 Å². The lowest BCUT2D eigenvalue weighted by Crippen LogP contribution is -2.18. The Morgan fingerprint density at radius 2 is 2.14 bits per heavy atom. The summed E-state index contributed by atoms with van der Waals surface area (Å²) < 4.78 is 1.67. The maximum atomic E-state index is 11.8. The van der Waals surface area contributed by atoms with Gasteiger partial charge in [0.25, 0.3) is 5.56 Å². The van der Waals surface area contributed by atoms with Crippen LogP contribution in [0.1, 0.15) is 6.92 Å². The normalized spacial score (nSPS) is 10.6. The number of hydrogen-bond acceptors (Lipinski definition) is 2. The summed E-state index contributed by atoms with van der Waals surface area (Å²) in [5, 5.41) is 1.63. The molecule has 2 aromatic rings. The van der Waals surface area contributed by atoms with E-state index >= 15 is 0 Å². The van der Waals surface area contributed by atoms with E-state index in [1.54, 1.807) is 22.9 Å². The lowest BCUT2D eigenvalue weighted by atomic mass is 10.1. The zero-order chi connectivity index (χ0) is 10.1. The SMILES string of the molecule is CCn1ccc2ccc(N)cc2c1=O. The number of benzene rings is 1. The first-order valence-corrected chi connectivity index (χ1v) is 4.61. The van der Waals surface area contributed by atoms with E-state index < -0.39 is 0 Å². The molecular formula is C11H12N2O. The van der Waals surface area contributed by atoms with Crippen LogP contribution in [0, 0.1) is 0 Å². The predicted molar refractivity (Wildman–Crippen MR) is 58.3 cm³/mol. The molecule has 0 saturated carbocycles. The van der Waals surface area contributed by atoms with E-state index in [-0.39, 0.29) is 5.56 Å². The van der Waals surface area contributed by atoms with Gasteiger partial charge in [-0.2, -0.15) is 0 Å². The van der Waals surface area contributed by atoms with Crippen molar-refractivity contribution in [1.82, 2.24) is 4.57 Å². The summed E-state index contributed by atoms with van der Waals surface area (Å²) in [5.74, 6) is 0. The highest BCUT2D eigenvalue weighted by Crippen LogP contribution is 2.12. The third-order valence-electron chi connectivity index (χ3n) is 2.34. The number of nitrogens with zero attached hydrogens (tertiary/aromatic N) is 1. The molecule has 0 aliphatic carbocycles. The quantitative estimate of drug-likeness (QED) is 0.691. The standard InChI is InChI=1S/C11H12N2O/c1-2-13-6-5-8-3-4-9(12)7-10(8)11(13)14/h3-7H,2,12H2,1H3. The van der Waals surface area contributed by atoms with Crippen LogP contribution in [0.5, 0.6) is 0 Å². The number of hydrogen-bond donors (Lipinski definition) is 1. The highest BCUT2D eigenvalue weighted by Gasteiger charge is 2.00. The number of aryl methyl sites for hydroxylation is 1. The Morgan fingerprint density at radius 3 is 2.86 bits per heavy atom. The van der Waals surface area contributed by atoms with E-state index in [9.17, 15) is 4.79 Å². The molecule has 1 aromatic carbocycles. The molecule has 2 N–H and O–H groups in total. The van der Waals surface area contributed by atoms with Crippen LogP contribution in [0.2, 0.25) is 0 Å². The molecule has 0 saturated heterocycles. The average Bonchev–Trinajstić information content (AvgIpc) is 2.20. The van der Waals surface area contributed by atoms with Gasteiger partial charge in [0.2, 0.25) is 0 Å². The zero-order valence-electron chi connectivity index (χ0n) is 8.03. The summed E-state index contributed by atoms with van der Waals surface area (Å²) >= 11 is 0. The van der Waals surface area contributed by atoms with Gasteiger partial charge in [-0.3, -0.25) is 4.79 Å². The van der Waals surface area contributed by atoms with Crippen LogP contribution in [-0.2, 0) is 6.54 Å². The second kappa shape index (κ2) is 3.18. The van der Waals surface area contributed by atoms with E-state index in [0.29, 0.717) is 17.6 Å². The molecule has 3 heteroatoms. The number of nitrogen functional groups attached to an aromatic ring is 1. The highest BCUT2D eigenvalue weighted by molar-refractivity contribution is 5.84. The maximum Gasteiger partial charge on any atom is 0.258 e. The Balaban J connectivity index is 2.87. The molecule has 0 atom stereocenters. The summed E-state index contributed by atoms with van der Waals surface area (Å²) in [6, 6.07) is 7.33. The van der Waals surface area contributed by atoms with Gasteiger partial charge in [-0.1, -0.05) is 6.07 Å². The summed E-state index contributed by atoms with van der Waals surface area (Å²) in [6.45, 7) is 2.63. The van der Waals surface area contributed by atoms with Crippen LogP contribution in [0.15, 0.2) is 35.3 Å². The van der Waals surface area contributed by atoms with Crippen LogP contribution in [-0.4, -0.2) is 4.57 Å². The van der Waals surface area contributed by atoms with Gasteiger partial charge in [-0.05, 0) is 30.5 Å². The average molecular weight is 188 g/mol. The first-order chi connectivity index (χ1) is 6.72. The minimum atomic E-state index is 0.0253. The van der Waals surface area contributed by atoms with E-state index in [2.05, 4.69) is 0 Å². The van der Waals surface area contributed by atoms with Crippen LogP contribution in [0.3, 0.4) is 0 Å². The van der Waals surface area contributed by atoms with E-state index in [4.69, 9.17) is 5.73 Å². The van der Waals surface area contributed by atoms with Crippen molar-refractivity contribution >= 4 is 16.5 Å². The number of aromatic nitrogens is 1. The summed E-state index contributed by atoms with van der Waals surface area (Å²) in [7, 11) is 0. The van der Waals surface area contributed by atoms with Gasteiger partial charge >= 0.3 is 0 Å². The van der Waals surface area contributed by atoms with Gasteiger partial charge in [0.1, 0.15) is 0 Å². The van der Waals surface area contributed by atoms with E-state index in [1.165, 1.54) is 0 Å². The topological polar surface area (TPSA) is 48.0 Å². The Hall–Kier alpha value is -1.77. The fourth-order valence-electron chi connectivity index (χ4n) is 1.55. The molecule has 72 valence electrons. The molecule has 14 heavy (non-hydrogen) atoms. The summed E-state index contributed by atoms with van der Waals surface area (Å²) in [4.78, 5) is 11.8. The van der Waals surface area contributed by atoms with Crippen molar-refractivity contribution in [2.24, 2.45) is 0 Å². The lowest BCUT2D eigenvalue weighted by Gasteiger charge is -2.04. The van der Waals surface area contributed by atoms with Gasteiger partial charge < -0.3 is 10.3 Å². The molecule has 1 heterocycles. The lowest BCUT2D eigenvalue weighted by molar-refractivity contribution is 0.735. The fourth-order valence-corrected chi connectivity index (χ4v) is 1.55.